The van der Waals surface area contributed by atoms with Crippen LogP contribution in [0.5, 0.6) is 5.75 Å². The zero-order valence-electron chi connectivity index (χ0n) is 27.7. The number of hydrogen-bond donors (Lipinski definition) is 1. The van der Waals surface area contributed by atoms with Crippen LogP contribution in [0.2, 0.25) is 0 Å². The Morgan fingerprint density at radius 2 is 1.52 bits per heavy atom. The molecule has 0 saturated heterocycles. The lowest BCUT2D eigenvalue weighted by molar-refractivity contribution is -0.148. The predicted molar refractivity (Wildman–Crippen MR) is 175 cm³/mol. The van der Waals surface area contributed by atoms with Gasteiger partial charge in [-0.15, -0.1) is 0 Å². The number of carboxylic acids is 1. The highest BCUT2D eigenvalue weighted by Gasteiger charge is 2.31. The number of aryl methyl sites for hydroxylation is 4. The van der Waals surface area contributed by atoms with Crippen molar-refractivity contribution < 1.29 is 27.8 Å². The van der Waals surface area contributed by atoms with Gasteiger partial charge < -0.3 is 14.7 Å². The van der Waals surface area contributed by atoms with Crippen molar-refractivity contribution in [3.05, 3.63) is 105 Å². The molecule has 0 aliphatic rings. The number of alkyl halides is 3. The van der Waals surface area contributed by atoms with E-state index < -0.39 is 23.1 Å². The van der Waals surface area contributed by atoms with Crippen LogP contribution in [0.25, 0.3) is 11.1 Å². The van der Waals surface area contributed by atoms with Crippen molar-refractivity contribution in [2.45, 2.75) is 80.6 Å². The lowest BCUT2D eigenvalue weighted by atomic mass is 9.89. The third-order valence-electron chi connectivity index (χ3n) is 8.21. The fourth-order valence-electron chi connectivity index (χ4n) is 5.16. The molecule has 6 nitrogen and oxygen atoms in total. The first-order valence-corrected chi connectivity index (χ1v) is 15.3. The third-order valence-corrected chi connectivity index (χ3v) is 8.21. The molecule has 1 N–H and O–H groups in total. The molecule has 0 radical (unpaired) electrons. The van der Waals surface area contributed by atoms with E-state index in [2.05, 4.69) is 68.0 Å². The maximum atomic E-state index is 13.8. The van der Waals surface area contributed by atoms with E-state index in [9.17, 15) is 23.1 Å². The van der Waals surface area contributed by atoms with Crippen LogP contribution >= 0.6 is 0 Å². The zero-order chi connectivity index (χ0) is 34.0. The van der Waals surface area contributed by atoms with Crippen LogP contribution in [-0.2, 0) is 24.1 Å². The Hall–Kier alpha value is -4.40. The van der Waals surface area contributed by atoms with E-state index >= 15 is 0 Å². The largest absolute Gasteiger partial charge is 0.489 e. The van der Waals surface area contributed by atoms with Crippen LogP contribution in [0.1, 0.15) is 78.1 Å². The molecule has 0 unspecified atom stereocenters. The van der Waals surface area contributed by atoms with Crippen molar-refractivity contribution in [3.8, 4) is 16.9 Å². The Kier molecular flexibility index (Phi) is 10.1. The topological polar surface area (TPSA) is 75.6 Å². The lowest BCUT2D eigenvalue weighted by Gasteiger charge is -2.26. The molecule has 244 valence electrons. The van der Waals surface area contributed by atoms with Crippen molar-refractivity contribution in [1.82, 2.24) is 9.97 Å². The van der Waals surface area contributed by atoms with E-state index in [1.54, 1.807) is 26.8 Å². The molecule has 4 aromatic rings. The van der Waals surface area contributed by atoms with Crippen LogP contribution in [0, 0.1) is 33.1 Å². The molecule has 0 amide bonds. The van der Waals surface area contributed by atoms with E-state index in [0.29, 0.717) is 35.3 Å². The summed E-state index contributed by atoms with van der Waals surface area (Å²) in [4.78, 5) is 22.4. The molecular formula is C37H42F3N3O3. The Morgan fingerprint density at radius 3 is 2.13 bits per heavy atom. The molecule has 46 heavy (non-hydrogen) atoms. The van der Waals surface area contributed by atoms with Crippen molar-refractivity contribution in [2.75, 3.05) is 11.5 Å². The average Bonchev–Trinajstić information content (AvgIpc) is 2.97. The normalized spacial score (nSPS) is 12.0. The summed E-state index contributed by atoms with van der Waals surface area (Å²) in [6.45, 7) is 15.6. The number of carboxylic acid groups (broad SMARTS) is 1. The number of carbonyl (C=O) groups is 1. The van der Waals surface area contributed by atoms with Gasteiger partial charge in [-0.25, -0.2) is 9.97 Å². The molecule has 1 aromatic heterocycles. The zero-order valence-corrected chi connectivity index (χ0v) is 27.7. The molecule has 9 heteroatoms. The standard InChI is InChI=1S/C37H42F3N3O3/c1-22(2)28-10-9-24(4)32(16-28)33-14-26(6)25(5)13-29(33)20-43(19-27-11-23(3)12-30(15-27)37(38,39)40)35-41-17-31(18-42-35)46-21-36(7,8)34(44)45/h9-18,22H,19-21H2,1-8H3,(H,44,45). The number of benzene rings is 3. The number of aromatic nitrogens is 2. The Balaban J connectivity index is 1.79. The van der Waals surface area contributed by atoms with E-state index in [1.807, 2.05) is 11.8 Å². The molecule has 3 aromatic carbocycles. The third kappa shape index (κ3) is 8.24. The second-order valence-corrected chi connectivity index (χ2v) is 13.1. The number of nitrogens with zero attached hydrogens (tertiary/aromatic N) is 3. The van der Waals surface area contributed by atoms with Crippen molar-refractivity contribution in [1.29, 1.82) is 0 Å². The van der Waals surface area contributed by atoms with Gasteiger partial charge in [0, 0.05) is 13.1 Å². The Morgan fingerprint density at radius 1 is 0.870 bits per heavy atom. The first-order valence-electron chi connectivity index (χ1n) is 15.3. The molecule has 0 bridgehead atoms. The highest BCUT2D eigenvalue weighted by Crippen LogP contribution is 2.35. The van der Waals surface area contributed by atoms with E-state index in [1.165, 1.54) is 24.0 Å². The predicted octanol–water partition coefficient (Wildman–Crippen LogP) is 9.22. The van der Waals surface area contributed by atoms with Gasteiger partial charge in [0.05, 0.1) is 23.4 Å². The average molecular weight is 634 g/mol. The Labute approximate surface area is 269 Å². The maximum absolute atomic E-state index is 13.8. The SMILES string of the molecule is Cc1cc(CN(Cc2cc(C)c(C)cc2-c2cc(C(C)C)ccc2C)c2ncc(OCC(C)(C)C(=O)O)cn2)cc(C(F)(F)F)c1. The molecule has 0 saturated carbocycles. The smallest absolute Gasteiger partial charge is 0.416 e. The van der Waals surface area contributed by atoms with Crippen molar-refractivity contribution in [3.63, 3.8) is 0 Å². The molecule has 0 aliphatic heterocycles. The summed E-state index contributed by atoms with van der Waals surface area (Å²) in [7, 11) is 0. The summed E-state index contributed by atoms with van der Waals surface area (Å²) in [5.74, 6) is -0.0613. The molecule has 1 heterocycles. The summed E-state index contributed by atoms with van der Waals surface area (Å²) in [5, 5.41) is 9.42. The van der Waals surface area contributed by atoms with Gasteiger partial charge >= 0.3 is 12.1 Å². The molecule has 0 atom stereocenters. The van der Waals surface area contributed by atoms with Gasteiger partial charge in [0.2, 0.25) is 5.95 Å². The fraction of sp³-hybridized carbons (Fsp3) is 0.378. The van der Waals surface area contributed by atoms with Gasteiger partial charge in [0.1, 0.15) is 6.61 Å². The minimum absolute atomic E-state index is 0.0843. The number of ether oxygens (including phenoxy) is 1. The number of aliphatic carboxylic acids is 1. The summed E-state index contributed by atoms with van der Waals surface area (Å²) in [5.41, 5.74) is 6.86. The van der Waals surface area contributed by atoms with Crippen LogP contribution in [-0.4, -0.2) is 27.7 Å². The van der Waals surface area contributed by atoms with Gasteiger partial charge in [-0.1, -0.05) is 55.8 Å². The van der Waals surface area contributed by atoms with E-state index in [0.717, 1.165) is 39.4 Å². The monoisotopic (exact) mass is 633 g/mol. The molecule has 4 rings (SSSR count). The van der Waals surface area contributed by atoms with Crippen molar-refractivity contribution >= 4 is 11.9 Å². The minimum atomic E-state index is -4.48. The second kappa shape index (κ2) is 13.5. The van der Waals surface area contributed by atoms with Crippen LogP contribution in [0.15, 0.2) is 60.9 Å². The molecule has 0 fully saturated rings. The van der Waals surface area contributed by atoms with Gasteiger partial charge in [-0.2, -0.15) is 13.2 Å². The summed E-state index contributed by atoms with van der Waals surface area (Å²) in [6, 6.07) is 14.8. The number of hydrogen-bond acceptors (Lipinski definition) is 5. The van der Waals surface area contributed by atoms with E-state index in [4.69, 9.17) is 4.74 Å². The molecule has 0 spiro atoms. The van der Waals surface area contributed by atoms with Gasteiger partial charge in [-0.3, -0.25) is 4.79 Å². The van der Waals surface area contributed by atoms with Crippen LogP contribution < -0.4 is 9.64 Å². The first-order chi connectivity index (χ1) is 21.4. The molecule has 0 aliphatic carbocycles. The van der Waals surface area contributed by atoms with Gasteiger partial charge in [-0.05, 0) is 104 Å². The highest BCUT2D eigenvalue weighted by molar-refractivity contribution is 5.74. The summed E-state index contributed by atoms with van der Waals surface area (Å²) in [6.07, 6.45) is -1.56. The Bertz CT molecular complexity index is 1710. The first kappa shape index (κ1) is 34.5. The van der Waals surface area contributed by atoms with Gasteiger partial charge in [0.15, 0.2) is 5.75 Å². The minimum Gasteiger partial charge on any atom is -0.489 e. The summed E-state index contributed by atoms with van der Waals surface area (Å²) >= 11 is 0. The number of anilines is 1. The summed E-state index contributed by atoms with van der Waals surface area (Å²) < 4.78 is 47.0. The number of rotatable bonds is 11. The highest BCUT2D eigenvalue weighted by atomic mass is 19.4. The van der Waals surface area contributed by atoms with Crippen LogP contribution in [0.3, 0.4) is 0 Å². The molecular weight excluding hydrogens is 591 g/mol. The maximum Gasteiger partial charge on any atom is 0.416 e. The quantitative estimate of drug-likeness (QED) is 0.178. The fourth-order valence-corrected chi connectivity index (χ4v) is 5.16. The van der Waals surface area contributed by atoms with Crippen LogP contribution in [0.4, 0.5) is 19.1 Å². The van der Waals surface area contributed by atoms with Crippen molar-refractivity contribution in [2.24, 2.45) is 5.41 Å². The second-order valence-electron chi connectivity index (χ2n) is 13.1. The number of halogens is 3. The van der Waals surface area contributed by atoms with E-state index in [-0.39, 0.29) is 13.2 Å². The van der Waals surface area contributed by atoms with Gasteiger partial charge in [0.25, 0.3) is 0 Å². The lowest BCUT2D eigenvalue weighted by Crippen LogP contribution is -2.30.